The minimum atomic E-state index is -3.48. The summed E-state index contributed by atoms with van der Waals surface area (Å²) in [6, 6.07) is 7.27. The van der Waals surface area contributed by atoms with Gasteiger partial charge in [0.2, 0.25) is 10.0 Å². The molecule has 1 aliphatic heterocycles. The Bertz CT molecular complexity index is 859. The van der Waals surface area contributed by atoms with Crippen molar-refractivity contribution in [2.75, 3.05) is 6.54 Å². The molecule has 1 aliphatic rings. The van der Waals surface area contributed by atoms with Crippen LogP contribution in [0, 0.1) is 6.92 Å². The number of hydrogen-bond donors (Lipinski definition) is 0. The van der Waals surface area contributed by atoms with Crippen molar-refractivity contribution in [2.24, 2.45) is 7.05 Å². The molecule has 0 radical (unpaired) electrons. The number of aryl methyl sites for hydroxylation is 2. The lowest BCUT2D eigenvalue weighted by Crippen LogP contribution is -2.36. The first-order valence-corrected chi connectivity index (χ1v) is 9.67. The van der Waals surface area contributed by atoms with E-state index in [1.165, 1.54) is 5.56 Å². The van der Waals surface area contributed by atoms with Gasteiger partial charge in [0.05, 0.1) is 22.8 Å². The number of aromatic nitrogens is 2. The maximum absolute atomic E-state index is 13.0. The molecule has 6 heteroatoms. The van der Waals surface area contributed by atoms with E-state index in [0.29, 0.717) is 24.4 Å². The fourth-order valence-electron chi connectivity index (χ4n) is 3.24. The van der Waals surface area contributed by atoms with Crippen molar-refractivity contribution >= 4 is 10.0 Å². The van der Waals surface area contributed by atoms with Gasteiger partial charge in [0, 0.05) is 13.6 Å². The molecule has 2 aromatic rings. The van der Waals surface area contributed by atoms with E-state index in [9.17, 15) is 8.42 Å². The average molecular weight is 347 g/mol. The van der Waals surface area contributed by atoms with E-state index in [4.69, 9.17) is 0 Å². The number of benzene rings is 1. The second-order valence-electron chi connectivity index (χ2n) is 7.50. The lowest BCUT2D eigenvalue weighted by Gasteiger charge is -2.27. The van der Waals surface area contributed by atoms with Crippen molar-refractivity contribution in [1.82, 2.24) is 14.1 Å². The van der Waals surface area contributed by atoms with Crippen molar-refractivity contribution < 1.29 is 8.42 Å². The molecule has 0 saturated carbocycles. The first-order valence-electron chi connectivity index (χ1n) is 8.23. The maximum Gasteiger partial charge on any atom is 0.243 e. The van der Waals surface area contributed by atoms with Crippen LogP contribution in [0.4, 0.5) is 0 Å². The van der Waals surface area contributed by atoms with E-state index in [1.54, 1.807) is 21.1 Å². The van der Waals surface area contributed by atoms with E-state index in [1.807, 2.05) is 26.1 Å². The molecule has 0 N–H and O–H groups in total. The molecule has 2 heterocycles. The highest BCUT2D eigenvalue weighted by Crippen LogP contribution is 2.28. The van der Waals surface area contributed by atoms with Crippen molar-refractivity contribution in [3.63, 3.8) is 0 Å². The van der Waals surface area contributed by atoms with Crippen LogP contribution in [-0.2, 0) is 35.5 Å². The van der Waals surface area contributed by atoms with E-state index >= 15 is 0 Å². The summed E-state index contributed by atoms with van der Waals surface area (Å²) in [5.41, 5.74) is 4.32. The molecule has 0 unspecified atom stereocenters. The van der Waals surface area contributed by atoms with Gasteiger partial charge in [-0.25, -0.2) is 8.42 Å². The van der Waals surface area contributed by atoms with E-state index in [-0.39, 0.29) is 5.41 Å². The third kappa shape index (κ3) is 2.89. The Labute approximate surface area is 144 Å². The zero-order valence-corrected chi connectivity index (χ0v) is 15.8. The predicted molar refractivity (Wildman–Crippen MR) is 94.4 cm³/mol. The summed E-state index contributed by atoms with van der Waals surface area (Å²) in [4.78, 5) is 0.359. The molecule has 0 saturated heterocycles. The lowest BCUT2D eigenvalue weighted by molar-refractivity contribution is 0.379. The van der Waals surface area contributed by atoms with Gasteiger partial charge in [0.15, 0.2) is 0 Å². The maximum atomic E-state index is 13.0. The van der Waals surface area contributed by atoms with Crippen LogP contribution < -0.4 is 0 Å². The highest BCUT2D eigenvalue weighted by atomic mass is 32.2. The summed E-state index contributed by atoms with van der Waals surface area (Å²) in [6.07, 6.45) is 0.717. The normalized spacial score (nSPS) is 16.2. The first kappa shape index (κ1) is 17.2. The smallest absolute Gasteiger partial charge is 0.243 e. The quantitative estimate of drug-likeness (QED) is 0.839. The summed E-state index contributed by atoms with van der Waals surface area (Å²) in [5, 5.41) is 4.42. The van der Waals surface area contributed by atoms with Gasteiger partial charge >= 0.3 is 0 Å². The molecular weight excluding hydrogens is 322 g/mol. The van der Waals surface area contributed by atoms with Crippen molar-refractivity contribution in [3.05, 3.63) is 46.8 Å². The van der Waals surface area contributed by atoms with Crippen molar-refractivity contribution in [3.8, 4) is 0 Å². The molecular formula is C18H25N3O2S. The summed E-state index contributed by atoms with van der Waals surface area (Å²) >= 11 is 0. The Kier molecular flexibility index (Phi) is 4.08. The van der Waals surface area contributed by atoms with E-state index < -0.39 is 10.0 Å². The number of rotatable bonds is 2. The molecule has 24 heavy (non-hydrogen) atoms. The van der Waals surface area contributed by atoms with Crippen LogP contribution in [-0.4, -0.2) is 29.0 Å². The molecule has 5 nitrogen and oxygen atoms in total. The van der Waals surface area contributed by atoms with Crippen LogP contribution in [0.5, 0.6) is 0 Å². The van der Waals surface area contributed by atoms with Gasteiger partial charge in [-0.2, -0.15) is 9.40 Å². The zero-order chi connectivity index (χ0) is 17.7. The van der Waals surface area contributed by atoms with Crippen molar-refractivity contribution in [1.29, 1.82) is 0 Å². The summed E-state index contributed by atoms with van der Waals surface area (Å²) in [6.45, 7) is 9.22. The molecule has 0 amide bonds. The molecule has 0 spiro atoms. The largest absolute Gasteiger partial charge is 0.271 e. The third-order valence-electron chi connectivity index (χ3n) is 4.77. The SMILES string of the molecule is Cc1nn(C)c2c1CCN(S(=O)(=O)c1ccc(C(C)(C)C)cc1)C2. The molecule has 0 atom stereocenters. The Balaban J connectivity index is 1.90. The highest BCUT2D eigenvalue weighted by Gasteiger charge is 2.31. The van der Waals surface area contributed by atoms with Gasteiger partial charge in [-0.1, -0.05) is 32.9 Å². The highest BCUT2D eigenvalue weighted by molar-refractivity contribution is 7.89. The zero-order valence-electron chi connectivity index (χ0n) is 15.0. The van der Waals surface area contributed by atoms with Crippen LogP contribution in [0.3, 0.4) is 0 Å². The molecule has 1 aromatic carbocycles. The van der Waals surface area contributed by atoms with Gasteiger partial charge < -0.3 is 0 Å². The van der Waals surface area contributed by atoms with E-state index in [2.05, 4.69) is 25.9 Å². The number of hydrogen-bond acceptors (Lipinski definition) is 3. The van der Waals surface area contributed by atoms with Gasteiger partial charge in [-0.05, 0) is 42.0 Å². The average Bonchev–Trinajstić information content (AvgIpc) is 2.81. The summed E-state index contributed by atoms with van der Waals surface area (Å²) in [7, 11) is -1.61. The Hall–Kier alpha value is -1.66. The topological polar surface area (TPSA) is 55.2 Å². The third-order valence-corrected chi connectivity index (χ3v) is 6.63. The van der Waals surface area contributed by atoms with Gasteiger partial charge in [-0.3, -0.25) is 4.68 Å². The molecule has 0 bridgehead atoms. The standard InChI is InChI=1S/C18H25N3O2S/c1-13-16-10-11-21(12-17(16)20(5)19-13)24(22,23)15-8-6-14(7-9-15)18(2,3)4/h6-9H,10-12H2,1-5H3. The molecule has 130 valence electrons. The van der Waals surface area contributed by atoms with Crippen LogP contribution in [0.1, 0.15) is 43.3 Å². The Morgan fingerprint density at radius 1 is 1.12 bits per heavy atom. The summed E-state index contributed by atoms with van der Waals surface area (Å²) < 4.78 is 29.3. The minimum Gasteiger partial charge on any atom is -0.271 e. The first-order chi connectivity index (χ1) is 11.1. The number of sulfonamides is 1. The Morgan fingerprint density at radius 3 is 2.33 bits per heavy atom. The second kappa shape index (κ2) is 5.70. The second-order valence-corrected chi connectivity index (χ2v) is 9.44. The van der Waals surface area contributed by atoms with Gasteiger partial charge in [-0.15, -0.1) is 0 Å². The van der Waals surface area contributed by atoms with Crippen LogP contribution in [0.2, 0.25) is 0 Å². The van der Waals surface area contributed by atoms with Crippen LogP contribution in [0.15, 0.2) is 29.2 Å². The monoisotopic (exact) mass is 347 g/mol. The lowest BCUT2D eigenvalue weighted by atomic mass is 9.87. The summed E-state index contributed by atoms with van der Waals surface area (Å²) in [5.74, 6) is 0. The van der Waals surface area contributed by atoms with Gasteiger partial charge in [0.1, 0.15) is 0 Å². The molecule has 1 aromatic heterocycles. The fraction of sp³-hybridized carbons (Fsp3) is 0.500. The Morgan fingerprint density at radius 2 is 1.75 bits per heavy atom. The van der Waals surface area contributed by atoms with E-state index in [0.717, 1.165) is 17.0 Å². The molecule has 0 fully saturated rings. The van der Waals surface area contributed by atoms with Crippen LogP contribution in [0.25, 0.3) is 0 Å². The minimum absolute atomic E-state index is 0.00849. The molecule has 0 aliphatic carbocycles. The number of nitrogens with zero attached hydrogens (tertiary/aromatic N) is 3. The van der Waals surface area contributed by atoms with Crippen molar-refractivity contribution in [2.45, 2.75) is 51.0 Å². The van der Waals surface area contributed by atoms with Gasteiger partial charge in [0.25, 0.3) is 0 Å². The molecule has 3 rings (SSSR count). The predicted octanol–water partition coefficient (Wildman–Crippen LogP) is 2.77. The number of fused-ring (bicyclic) bond motifs is 1. The fourth-order valence-corrected chi connectivity index (χ4v) is 4.64. The van der Waals surface area contributed by atoms with Crippen LogP contribution >= 0.6 is 0 Å².